The highest BCUT2D eigenvalue weighted by Gasteiger charge is 2.02. The predicted molar refractivity (Wildman–Crippen MR) is 45.5 cm³/mol. The second-order valence-corrected chi connectivity index (χ2v) is 2.49. The Morgan fingerprint density at radius 1 is 1.23 bits per heavy atom. The molecule has 0 radical (unpaired) electrons. The summed E-state index contributed by atoms with van der Waals surface area (Å²) in [6, 6.07) is 9.49. The van der Waals surface area contributed by atoms with Crippen LogP contribution in [-0.2, 0) is 6.73 Å². The zero-order valence-corrected chi connectivity index (χ0v) is 6.83. The Morgan fingerprint density at radius 2 is 2.00 bits per heavy atom. The first-order valence-electron chi connectivity index (χ1n) is 3.84. The van der Waals surface area contributed by atoms with Gasteiger partial charge in [-0.15, -0.1) is 15.0 Å². The molecule has 5 heteroatoms. The Hall–Kier alpha value is -1.75. The first-order chi connectivity index (χ1) is 6.40. The number of aromatic nitrogens is 4. The van der Waals surface area contributed by atoms with E-state index in [9.17, 15) is 0 Å². The van der Waals surface area contributed by atoms with Crippen LogP contribution in [0.15, 0.2) is 30.3 Å². The Labute approximate surface area is 74.6 Å². The molecule has 0 aliphatic rings. The van der Waals surface area contributed by atoms with Crippen LogP contribution >= 0.6 is 0 Å². The monoisotopic (exact) mass is 176 g/mol. The van der Waals surface area contributed by atoms with E-state index in [0.717, 1.165) is 10.4 Å². The van der Waals surface area contributed by atoms with Crippen molar-refractivity contribution in [1.82, 2.24) is 20.2 Å². The van der Waals surface area contributed by atoms with E-state index in [-0.39, 0.29) is 6.73 Å². The molecule has 5 nitrogen and oxygen atoms in total. The molecule has 1 aromatic heterocycles. The number of aliphatic hydroxyl groups excluding tert-OH is 1. The average Bonchev–Trinajstić information content (AvgIpc) is 2.67. The van der Waals surface area contributed by atoms with Gasteiger partial charge in [-0.3, -0.25) is 0 Å². The number of aliphatic hydroxyl groups is 1. The number of benzene rings is 1. The van der Waals surface area contributed by atoms with E-state index in [1.807, 2.05) is 30.3 Å². The molecular formula is C8H8N4O. The van der Waals surface area contributed by atoms with Crippen molar-refractivity contribution in [2.75, 3.05) is 0 Å². The fourth-order valence-electron chi connectivity index (χ4n) is 1.01. The first-order valence-corrected chi connectivity index (χ1v) is 3.84. The fraction of sp³-hybridized carbons (Fsp3) is 0.125. The van der Waals surface area contributed by atoms with Gasteiger partial charge in [-0.25, -0.2) is 0 Å². The summed E-state index contributed by atoms with van der Waals surface area (Å²) in [6.45, 7) is -0.250. The molecule has 0 aliphatic carbocycles. The zero-order chi connectivity index (χ0) is 9.10. The summed E-state index contributed by atoms with van der Waals surface area (Å²) in [5.74, 6) is 0.523. The maximum Gasteiger partial charge on any atom is 0.205 e. The van der Waals surface area contributed by atoms with Crippen molar-refractivity contribution >= 4 is 0 Å². The van der Waals surface area contributed by atoms with Crippen molar-refractivity contribution in [3.8, 4) is 11.4 Å². The van der Waals surface area contributed by atoms with E-state index in [0.29, 0.717) is 5.82 Å². The highest BCUT2D eigenvalue weighted by atomic mass is 16.3. The third kappa shape index (κ3) is 1.54. The Morgan fingerprint density at radius 3 is 2.62 bits per heavy atom. The van der Waals surface area contributed by atoms with E-state index in [4.69, 9.17) is 5.11 Å². The second-order valence-electron chi connectivity index (χ2n) is 2.49. The zero-order valence-electron chi connectivity index (χ0n) is 6.83. The van der Waals surface area contributed by atoms with Crippen LogP contribution < -0.4 is 0 Å². The van der Waals surface area contributed by atoms with Gasteiger partial charge in [0.05, 0.1) is 0 Å². The average molecular weight is 176 g/mol. The lowest BCUT2D eigenvalue weighted by Crippen LogP contribution is -2.00. The molecule has 1 N–H and O–H groups in total. The molecule has 0 saturated carbocycles. The lowest BCUT2D eigenvalue weighted by molar-refractivity contribution is 0.175. The Bertz CT molecular complexity index is 384. The molecule has 0 saturated heterocycles. The summed E-state index contributed by atoms with van der Waals surface area (Å²) < 4.78 is 0. The minimum atomic E-state index is -0.250. The molecule has 0 unspecified atom stereocenters. The van der Waals surface area contributed by atoms with Crippen LogP contribution in [0.3, 0.4) is 0 Å². The van der Waals surface area contributed by atoms with Crippen molar-refractivity contribution in [3.63, 3.8) is 0 Å². The SMILES string of the molecule is OCn1nnc(-c2ccccc2)n1. The third-order valence-electron chi connectivity index (χ3n) is 1.61. The minimum absolute atomic E-state index is 0.250. The predicted octanol–water partition coefficient (Wildman–Crippen LogP) is 0.290. The maximum absolute atomic E-state index is 8.70. The molecule has 0 atom stereocenters. The van der Waals surface area contributed by atoms with E-state index < -0.39 is 0 Å². The van der Waals surface area contributed by atoms with Crippen molar-refractivity contribution in [3.05, 3.63) is 30.3 Å². The van der Waals surface area contributed by atoms with Crippen LogP contribution in [-0.4, -0.2) is 25.3 Å². The molecular weight excluding hydrogens is 168 g/mol. The van der Waals surface area contributed by atoms with Gasteiger partial charge in [-0.2, -0.15) is 0 Å². The standard InChI is InChI=1S/C8H8N4O/c13-6-12-10-8(9-11-12)7-4-2-1-3-5-7/h1-5,13H,6H2. The number of nitrogens with zero attached hydrogens (tertiary/aromatic N) is 4. The van der Waals surface area contributed by atoms with E-state index in [1.54, 1.807) is 0 Å². The van der Waals surface area contributed by atoms with Crippen LogP contribution in [0.5, 0.6) is 0 Å². The van der Waals surface area contributed by atoms with E-state index in [2.05, 4.69) is 15.4 Å². The highest BCUT2D eigenvalue weighted by molar-refractivity contribution is 5.52. The molecule has 1 aromatic carbocycles. The van der Waals surface area contributed by atoms with Crippen LogP contribution in [0, 0.1) is 0 Å². The van der Waals surface area contributed by atoms with Crippen LogP contribution in [0.2, 0.25) is 0 Å². The summed E-state index contributed by atoms with van der Waals surface area (Å²) >= 11 is 0. The van der Waals surface area contributed by atoms with E-state index in [1.165, 1.54) is 0 Å². The highest BCUT2D eigenvalue weighted by Crippen LogP contribution is 2.11. The molecule has 0 spiro atoms. The normalized spacial score (nSPS) is 10.2. The van der Waals surface area contributed by atoms with Crippen LogP contribution in [0.4, 0.5) is 0 Å². The number of rotatable bonds is 2. The molecule has 0 fully saturated rings. The summed E-state index contributed by atoms with van der Waals surface area (Å²) in [5.41, 5.74) is 0.891. The van der Waals surface area contributed by atoms with Gasteiger partial charge in [-0.05, 0) is 5.21 Å². The lowest BCUT2D eigenvalue weighted by Gasteiger charge is -1.90. The molecule has 0 aliphatic heterocycles. The second kappa shape index (κ2) is 3.32. The number of hydrogen-bond acceptors (Lipinski definition) is 4. The molecule has 66 valence electrons. The Balaban J connectivity index is 2.36. The van der Waals surface area contributed by atoms with E-state index >= 15 is 0 Å². The summed E-state index contributed by atoms with van der Waals surface area (Å²) in [7, 11) is 0. The summed E-state index contributed by atoms with van der Waals surface area (Å²) in [5, 5.41) is 20.1. The smallest absolute Gasteiger partial charge is 0.205 e. The Kier molecular flexibility index (Phi) is 2.01. The van der Waals surface area contributed by atoms with Gasteiger partial charge in [0.1, 0.15) is 0 Å². The van der Waals surface area contributed by atoms with Crippen LogP contribution in [0.25, 0.3) is 11.4 Å². The van der Waals surface area contributed by atoms with Gasteiger partial charge in [0, 0.05) is 5.56 Å². The molecule has 0 amide bonds. The minimum Gasteiger partial charge on any atom is -0.373 e. The molecule has 1 heterocycles. The summed E-state index contributed by atoms with van der Waals surface area (Å²) in [6.07, 6.45) is 0. The van der Waals surface area contributed by atoms with Crippen molar-refractivity contribution in [2.45, 2.75) is 6.73 Å². The first kappa shape index (κ1) is 7.88. The van der Waals surface area contributed by atoms with Crippen molar-refractivity contribution in [2.24, 2.45) is 0 Å². The third-order valence-corrected chi connectivity index (χ3v) is 1.61. The van der Waals surface area contributed by atoms with Gasteiger partial charge in [0.15, 0.2) is 6.73 Å². The molecule has 2 rings (SSSR count). The van der Waals surface area contributed by atoms with Gasteiger partial charge in [0.25, 0.3) is 0 Å². The van der Waals surface area contributed by atoms with Crippen molar-refractivity contribution < 1.29 is 5.11 Å². The van der Waals surface area contributed by atoms with Crippen LogP contribution in [0.1, 0.15) is 0 Å². The number of tetrazole rings is 1. The van der Waals surface area contributed by atoms with Crippen molar-refractivity contribution in [1.29, 1.82) is 0 Å². The fourth-order valence-corrected chi connectivity index (χ4v) is 1.01. The van der Waals surface area contributed by atoms with Gasteiger partial charge >= 0.3 is 0 Å². The number of hydrogen-bond donors (Lipinski definition) is 1. The lowest BCUT2D eigenvalue weighted by atomic mass is 10.2. The quantitative estimate of drug-likeness (QED) is 0.714. The maximum atomic E-state index is 8.70. The van der Waals surface area contributed by atoms with Gasteiger partial charge in [0.2, 0.25) is 5.82 Å². The topological polar surface area (TPSA) is 63.8 Å². The molecule has 2 aromatic rings. The van der Waals surface area contributed by atoms with Gasteiger partial charge < -0.3 is 5.11 Å². The largest absolute Gasteiger partial charge is 0.373 e. The molecule has 0 bridgehead atoms. The summed E-state index contributed by atoms with van der Waals surface area (Å²) in [4.78, 5) is 1.13. The van der Waals surface area contributed by atoms with Gasteiger partial charge in [-0.1, -0.05) is 30.3 Å². The molecule has 13 heavy (non-hydrogen) atoms.